The van der Waals surface area contributed by atoms with Gasteiger partial charge in [-0.25, -0.2) is 89.9 Å². The van der Waals surface area contributed by atoms with E-state index >= 15 is 0 Å². The average molecular weight is 2140 g/mol. The van der Waals surface area contributed by atoms with Gasteiger partial charge in [0.25, 0.3) is 0 Å². The third-order valence-electron chi connectivity index (χ3n) is 20.0. The molecule has 9 unspecified atom stereocenters. The molecule has 9 atom stereocenters. The first-order chi connectivity index (χ1) is 68.3. The lowest BCUT2D eigenvalue weighted by Crippen LogP contribution is -2.48. The first kappa shape index (κ1) is 112. The number of nitrogens with two attached hydrogens (primary N) is 6. The van der Waals surface area contributed by atoms with E-state index in [0.29, 0.717) is 53.6 Å². The minimum absolute atomic E-state index is 0.0594. The molecule has 0 fully saturated rings. The van der Waals surface area contributed by atoms with Crippen molar-refractivity contribution < 1.29 is 0 Å². The van der Waals surface area contributed by atoms with E-state index in [9.17, 15) is 0 Å². The van der Waals surface area contributed by atoms with Crippen molar-refractivity contribution in [3.05, 3.63) is 147 Å². The molecule has 0 bridgehead atoms. The molecule has 0 aliphatic carbocycles. The molecule has 18 rings (SSSR count). The highest BCUT2D eigenvalue weighted by Crippen LogP contribution is 2.30. The molecule has 9 aromatic heterocycles. The second-order valence-electron chi connectivity index (χ2n) is 33.4. The monoisotopic (exact) mass is 2130 g/mol. The van der Waals surface area contributed by atoms with E-state index < -0.39 is 0 Å². The minimum Gasteiger partial charge on any atom is -0.370 e. The maximum absolute atomic E-state index is 5.68. The average Bonchev–Trinajstić information content (AvgIpc) is 1.65. The van der Waals surface area contributed by atoms with Gasteiger partial charge in [-0.05, 0) is 210 Å². The summed E-state index contributed by atoms with van der Waals surface area (Å²) < 4.78 is 0. The zero-order valence-electron chi connectivity index (χ0n) is 86.0. The number of thiophene rings is 9. The molecule has 774 valence electrons. The van der Waals surface area contributed by atoms with Gasteiger partial charge in [0.05, 0.1) is 51.2 Å². The van der Waals surface area contributed by atoms with Crippen LogP contribution in [0.3, 0.4) is 0 Å². The first-order valence-electron chi connectivity index (χ1n) is 45.4. The summed E-state index contributed by atoms with van der Waals surface area (Å²) in [5.74, 6) is 11.3. The molecule has 0 saturated carbocycles. The maximum atomic E-state index is 5.68. The Morgan fingerprint density at radius 3 is 0.812 bits per heavy atom. The number of aliphatic imine (C=N–C) groups is 18. The first-order valence-corrected chi connectivity index (χ1v) is 53.5. The molecular formula is C90H135N45S9. The Morgan fingerprint density at radius 1 is 0.250 bits per heavy atom. The predicted molar refractivity (Wildman–Crippen MR) is 622 cm³/mol. The van der Waals surface area contributed by atoms with Crippen molar-refractivity contribution in [2.75, 3.05) is 110 Å². The van der Waals surface area contributed by atoms with E-state index in [1.54, 1.807) is 102 Å². The summed E-state index contributed by atoms with van der Waals surface area (Å²) in [7, 11) is 17.6. The summed E-state index contributed by atoms with van der Waals surface area (Å²) in [4.78, 5) is 96.1. The maximum Gasteiger partial charge on any atom is 0.207 e. The SMILES string of the molecule is Cc1cc(N(C)C2=NC(C)N=C(N)N2)cs1.Cc1cc(NC2=NC(C)N=C(N(C)C)N2)cs1.Cc1cc(NC2=NC(C)N=C(N)N2)cs1.Cc1cscc1N(C)C1=NC(C)N=C(N)N1.Cc1cscc1NC1=NC(C)N=C(N(C)C)N1.Cc1cscc1NC1=NC(C)N=C(N)N1.Cc1sccc1N(C)C1=NC(C)N=C(N)N1.Cc1sccc1NC1=NC(C)N=C(N(C)C)N1.Cc1sccc1NC1=NC(C)N=C(N)N1. The van der Waals surface area contributed by atoms with Crippen molar-refractivity contribution >= 4 is 260 Å². The molecule has 9 aliphatic rings. The van der Waals surface area contributed by atoms with Crippen molar-refractivity contribution in [3.8, 4) is 0 Å². The van der Waals surface area contributed by atoms with Gasteiger partial charge in [0.2, 0.25) is 71.5 Å². The summed E-state index contributed by atoms with van der Waals surface area (Å²) in [6.07, 6.45) is -0.955. The number of hydrogen-bond acceptors (Lipinski definition) is 54. The predicted octanol–water partition coefficient (Wildman–Crippen LogP) is 11.7. The fourth-order valence-corrected chi connectivity index (χ4v) is 19.5. The highest BCUT2D eigenvalue weighted by Gasteiger charge is 2.25. The Morgan fingerprint density at radius 2 is 0.528 bits per heavy atom. The fourth-order valence-electron chi connectivity index (χ4n) is 13.0. The minimum atomic E-state index is -0.132. The summed E-state index contributed by atoms with van der Waals surface area (Å²) in [5.41, 5.74) is 47.2. The smallest absolute Gasteiger partial charge is 0.207 e. The van der Waals surface area contributed by atoms with Crippen LogP contribution in [0.2, 0.25) is 0 Å². The van der Waals surface area contributed by atoms with Gasteiger partial charge >= 0.3 is 0 Å². The van der Waals surface area contributed by atoms with Crippen LogP contribution in [0.4, 0.5) is 51.2 Å². The molecule has 9 aliphatic heterocycles. The van der Waals surface area contributed by atoms with Crippen molar-refractivity contribution in [2.24, 2.45) is 124 Å². The molecule has 54 heteroatoms. The van der Waals surface area contributed by atoms with Crippen LogP contribution in [0.25, 0.3) is 0 Å². The Kier molecular flexibility index (Phi) is 41.5. The highest BCUT2D eigenvalue weighted by atomic mass is 32.1. The summed E-state index contributed by atoms with van der Waals surface area (Å²) in [6.45, 7) is 35.9. The van der Waals surface area contributed by atoms with Crippen LogP contribution in [0.1, 0.15) is 108 Å². The standard InChI is InChI=1S/3C11H17N5S.3C10H15N5S.3C9H13N5S/c1-7-5-17-6-9(7)14-10-12-8(2)13-11(15-10)16(3)4;1-7-5-9(6-17-7)14-10-12-8(2)13-11(15-10)16(3)4;1-7-9(5-6-17-7)14-10-12-8(2)13-11(15-10)16(3)4;1-6-4-16-5-8(6)15(3)10-13-7(2)12-9(11)14-10;1-6-4-8(5-16-6)15(3)10-13-7(2)12-9(11)14-10;1-6-8(4-5-16-6)15(3)10-13-7(2)12-9(11)14-10;1-5-3-15-4-7(5)13-9-12-6(2)11-8(10)14-9;1-5-3-7(4-15-5)13-9-12-6(2)11-8(10)14-9;1-5-7(3-4-15-5)13-9-12-6(2)11-8(10)14-9/h3*5-6,8H,1-4H3,(H2,12,13,14,15);3*4-5,7H,1-3H3,(H3,11,12,13,14);3*3-4,6H,1-2H3,(H4,10,11,12,13,14). The topological polar surface area (TPSA) is 578 Å². The fraction of sp³-hybridized carbons (Fsp3) is 0.400. The number of nitrogens with one attached hydrogen (secondary N) is 15. The molecule has 0 saturated heterocycles. The second kappa shape index (κ2) is 53.3. The number of aryl methyl sites for hydroxylation is 9. The van der Waals surface area contributed by atoms with Crippen LogP contribution in [0.15, 0.2) is 191 Å². The molecule has 0 amide bonds. The Hall–Kier alpha value is -14.0. The Bertz CT molecular complexity index is 6120. The Labute approximate surface area is 877 Å². The Balaban J connectivity index is 0.000000166. The number of rotatable bonds is 9. The lowest BCUT2D eigenvalue weighted by atomic mass is 10.3. The van der Waals surface area contributed by atoms with Gasteiger partial charge in [-0.15, -0.1) is 102 Å². The van der Waals surface area contributed by atoms with Gasteiger partial charge in [0.1, 0.15) is 55.5 Å². The van der Waals surface area contributed by atoms with E-state index in [1.165, 1.54) is 46.0 Å². The van der Waals surface area contributed by atoms with Gasteiger partial charge in [-0.1, -0.05) is 0 Å². The third kappa shape index (κ3) is 35.5. The summed E-state index contributed by atoms with van der Waals surface area (Å²) in [6, 6.07) is 12.4. The molecule has 0 radical (unpaired) electrons. The third-order valence-corrected chi connectivity index (χ3v) is 27.7. The van der Waals surface area contributed by atoms with Crippen LogP contribution in [-0.4, -0.2) is 241 Å². The van der Waals surface area contributed by atoms with Gasteiger partial charge in [0.15, 0.2) is 35.8 Å². The van der Waals surface area contributed by atoms with Gasteiger partial charge in [-0.2, -0.15) is 0 Å². The van der Waals surface area contributed by atoms with Gasteiger partial charge < -0.3 is 95.7 Å². The van der Waals surface area contributed by atoms with E-state index in [4.69, 9.17) is 34.4 Å². The van der Waals surface area contributed by atoms with Crippen LogP contribution in [-0.2, 0) is 0 Å². The molecule has 0 spiro atoms. The number of guanidine groups is 18. The van der Waals surface area contributed by atoms with Crippen molar-refractivity contribution in [2.45, 2.75) is 180 Å². The molecule has 9 aromatic rings. The second-order valence-corrected chi connectivity index (χ2v) is 42.4. The van der Waals surface area contributed by atoms with Crippen LogP contribution < -0.4 is 129 Å². The quantitative estimate of drug-likeness (QED) is 0.0638. The molecular weight excluding hydrogens is 2000 g/mol. The van der Waals surface area contributed by atoms with Crippen molar-refractivity contribution in [1.29, 1.82) is 0 Å². The largest absolute Gasteiger partial charge is 0.370 e. The van der Waals surface area contributed by atoms with E-state index in [-0.39, 0.29) is 55.5 Å². The number of anilines is 9. The summed E-state index contributed by atoms with van der Waals surface area (Å²) >= 11 is 15.2. The number of nitrogens with zero attached hydrogens (tertiary/aromatic N) is 24. The molecule has 27 N–H and O–H groups in total. The zero-order chi connectivity index (χ0) is 105. The van der Waals surface area contributed by atoms with Crippen LogP contribution in [0.5, 0.6) is 0 Å². The zero-order valence-corrected chi connectivity index (χ0v) is 93.3. The molecule has 45 nitrogen and oxygen atoms in total. The molecule has 0 aromatic carbocycles. The molecule has 18 heterocycles. The lowest BCUT2D eigenvalue weighted by Gasteiger charge is -2.25. The van der Waals surface area contributed by atoms with Crippen LogP contribution >= 0.6 is 102 Å². The van der Waals surface area contributed by atoms with E-state index in [2.05, 4.69) is 304 Å². The summed E-state index contributed by atoms with van der Waals surface area (Å²) in [5, 5.41) is 71.2. The van der Waals surface area contributed by atoms with Gasteiger partial charge in [0, 0.05) is 125 Å². The normalized spacial score (nSPS) is 19.7. The van der Waals surface area contributed by atoms with Crippen molar-refractivity contribution in [1.82, 2.24) is 62.6 Å². The molecule has 144 heavy (non-hydrogen) atoms. The lowest BCUT2D eigenvalue weighted by molar-refractivity contribution is 0.582. The number of hydrogen-bond donors (Lipinski definition) is 21. The van der Waals surface area contributed by atoms with Crippen molar-refractivity contribution in [3.63, 3.8) is 0 Å². The van der Waals surface area contributed by atoms with E-state index in [0.717, 1.165) is 105 Å². The highest BCUT2D eigenvalue weighted by molar-refractivity contribution is 7.12. The van der Waals surface area contributed by atoms with Gasteiger partial charge in [-0.3, -0.25) is 47.9 Å². The van der Waals surface area contributed by atoms with E-state index in [1.807, 2.05) is 184 Å². The van der Waals surface area contributed by atoms with Crippen LogP contribution in [0, 0.1) is 62.3 Å².